The van der Waals surface area contributed by atoms with E-state index in [2.05, 4.69) is 20.5 Å². The number of nitrogens with one attached hydrogen (secondary N) is 2. The van der Waals surface area contributed by atoms with Crippen molar-refractivity contribution < 1.29 is 4.79 Å². The smallest absolute Gasteiger partial charge is 0.247 e. The van der Waals surface area contributed by atoms with Gasteiger partial charge in [0.05, 0.1) is 18.2 Å². The highest BCUT2D eigenvalue weighted by Gasteiger charge is 2.14. The molecule has 6 heteroatoms. The van der Waals surface area contributed by atoms with Gasteiger partial charge in [0.15, 0.2) is 0 Å². The monoisotopic (exact) mass is 205 g/mol. The Hall–Kier alpha value is -2.11. The number of amides is 1. The fourth-order valence-corrected chi connectivity index (χ4v) is 1.20. The third-order valence-corrected chi connectivity index (χ3v) is 2.12. The molecule has 0 aromatic carbocycles. The summed E-state index contributed by atoms with van der Waals surface area (Å²) in [7, 11) is 0. The third-order valence-electron chi connectivity index (χ3n) is 2.12. The van der Waals surface area contributed by atoms with Gasteiger partial charge in [0.2, 0.25) is 5.91 Å². The van der Waals surface area contributed by atoms with Crippen molar-refractivity contribution >= 4 is 11.6 Å². The van der Waals surface area contributed by atoms with Gasteiger partial charge in [0.25, 0.3) is 0 Å². The molecule has 1 unspecified atom stereocenters. The summed E-state index contributed by atoms with van der Waals surface area (Å²) in [5.41, 5.74) is 0.659. The molecule has 0 spiro atoms. The third kappa shape index (κ3) is 2.04. The van der Waals surface area contributed by atoms with Crippen LogP contribution in [-0.4, -0.2) is 25.7 Å². The number of nitrogens with zero attached hydrogens (tertiary/aromatic N) is 3. The van der Waals surface area contributed by atoms with Gasteiger partial charge in [0.1, 0.15) is 6.04 Å². The van der Waals surface area contributed by atoms with E-state index < -0.39 is 0 Å². The van der Waals surface area contributed by atoms with Gasteiger partial charge in [-0.1, -0.05) is 0 Å². The number of anilines is 1. The summed E-state index contributed by atoms with van der Waals surface area (Å²) in [6.07, 6.45) is 8.18. The summed E-state index contributed by atoms with van der Waals surface area (Å²) >= 11 is 0. The van der Waals surface area contributed by atoms with E-state index in [4.69, 9.17) is 0 Å². The van der Waals surface area contributed by atoms with Crippen LogP contribution in [0.25, 0.3) is 0 Å². The first-order chi connectivity index (χ1) is 7.27. The highest BCUT2D eigenvalue weighted by Crippen LogP contribution is 2.09. The lowest BCUT2D eigenvalue weighted by atomic mass is 10.3. The molecule has 0 fully saturated rings. The van der Waals surface area contributed by atoms with Crippen molar-refractivity contribution in [1.29, 1.82) is 0 Å². The molecule has 1 atom stereocenters. The number of aromatic amines is 1. The van der Waals surface area contributed by atoms with Crippen molar-refractivity contribution in [2.45, 2.75) is 13.0 Å². The normalized spacial score (nSPS) is 12.3. The molecule has 2 rings (SSSR count). The number of hydrogen-bond donors (Lipinski definition) is 2. The Morgan fingerprint density at radius 1 is 1.67 bits per heavy atom. The summed E-state index contributed by atoms with van der Waals surface area (Å²) in [6.45, 7) is 1.80. The second-order valence-electron chi connectivity index (χ2n) is 3.16. The van der Waals surface area contributed by atoms with Crippen LogP contribution < -0.4 is 5.32 Å². The molecule has 2 N–H and O–H groups in total. The van der Waals surface area contributed by atoms with Crippen molar-refractivity contribution in [3.63, 3.8) is 0 Å². The Bertz CT molecular complexity index is 419. The summed E-state index contributed by atoms with van der Waals surface area (Å²) in [5.74, 6) is -0.102. The average molecular weight is 205 g/mol. The first kappa shape index (κ1) is 9.45. The Kier molecular flexibility index (Phi) is 2.49. The molecule has 15 heavy (non-hydrogen) atoms. The van der Waals surface area contributed by atoms with Crippen LogP contribution in [0.4, 0.5) is 5.69 Å². The van der Waals surface area contributed by atoms with Gasteiger partial charge in [0, 0.05) is 18.6 Å². The predicted molar refractivity (Wildman–Crippen MR) is 54.2 cm³/mol. The Labute approximate surface area is 86.3 Å². The largest absolute Gasteiger partial charge is 0.325 e. The zero-order valence-corrected chi connectivity index (χ0v) is 8.21. The SMILES string of the molecule is CC(C(=O)Nc1cn[nH]c1)n1ccnc1. The molecule has 6 nitrogen and oxygen atoms in total. The fourth-order valence-electron chi connectivity index (χ4n) is 1.20. The molecular weight excluding hydrogens is 194 g/mol. The van der Waals surface area contributed by atoms with Gasteiger partial charge in [-0.25, -0.2) is 4.98 Å². The van der Waals surface area contributed by atoms with E-state index in [0.29, 0.717) is 5.69 Å². The molecule has 2 aromatic rings. The molecule has 0 aliphatic carbocycles. The lowest BCUT2D eigenvalue weighted by molar-refractivity contribution is -0.118. The van der Waals surface area contributed by atoms with E-state index in [1.54, 1.807) is 42.6 Å². The summed E-state index contributed by atoms with van der Waals surface area (Å²) < 4.78 is 1.73. The summed E-state index contributed by atoms with van der Waals surface area (Å²) in [6, 6.07) is -0.289. The van der Waals surface area contributed by atoms with Crippen molar-refractivity contribution in [1.82, 2.24) is 19.7 Å². The molecular formula is C9H11N5O. The molecule has 0 saturated carbocycles. The molecule has 0 bridgehead atoms. The highest BCUT2D eigenvalue weighted by atomic mass is 16.2. The first-order valence-corrected chi connectivity index (χ1v) is 4.54. The topological polar surface area (TPSA) is 75.6 Å². The number of rotatable bonds is 3. The minimum absolute atomic E-state index is 0.102. The zero-order valence-electron chi connectivity index (χ0n) is 8.21. The minimum atomic E-state index is -0.289. The Morgan fingerprint density at radius 2 is 2.53 bits per heavy atom. The molecule has 2 aromatic heterocycles. The van der Waals surface area contributed by atoms with E-state index >= 15 is 0 Å². The zero-order chi connectivity index (χ0) is 10.7. The van der Waals surface area contributed by atoms with E-state index in [1.165, 1.54) is 0 Å². The Morgan fingerprint density at radius 3 is 3.13 bits per heavy atom. The van der Waals surface area contributed by atoms with Gasteiger partial charge in [-0.3, -0.25) is 9.89 Å². The van der Waals surface area contributed by atoms with E-state index in [1.807, 2.05) is 0 Å². The van der Waals surface area contributed by atoms with Gasteiger partial charge >= 0.3 is 0 Å². The van der Waals surface area contributed by atoms with Crippen LogP contribution in [0, 0.1) is 0 Å². The summed E-state index contributed by atoms with van der Waals surface area (Å²) in [4.78, 5) is 15.6. The van der Waals surface area contributed by atoms with Crippen molar-refractivity contribution in [2.75, 3.05) is 5.32 Å². The number of hydrogen-bond acceptors (Lipinski definition) is 3. The van der Waals surface area contributed by atoms with Gasteiger partial charge in [-0.15, -0.1) is 0 Å². The van der Waals surface area contributed by atoms with Crippen molar-refractivity contribution in [2.24, 2.45) is 0 Å². The van der Waals surface area contributed by atoms with Gasteiger partial charge in [-0.05, 0) is 6.92 Å². The van der Waals surface area contributed by atoms with Gasteiger partial charge < -0.3 is 9.88 Å². The second kappa shape index (κ2) is 3.95. The number of carbonyl (C=O) groups excluding carboxylic acids is 1. The van der Waals surface area contributed by atoms with E-state index in [-0.39, 0.29) is 11.9 Å². The Balaban J connectivity index is 2.03. The molecule has 78 valence electrons. The first-order valence-electron chi connectivity index (χ1n) is 4.54. The van der Waals surface area contributed by atoms with E-state index in [9.17, 15) is 4.79 Å². The molecule has 1 amide bonds. The fraction of sp³-hybridized carbons (Fsp3) is 0.222. The maximum Gasteiger partial charge on any atom is 0.247 e. The number of aromatic nitrogens is 4. The van der Waals surface area contributed by atoms with Crippen LogP contribution in [0.5, 0.6) is 0 Å². The predicted octanol–water partition coefficient (Wildman–Crippen LogP) is 0.806. The van der Waals surface area contributed by atoms with Crippen LogP contribution in [0.15, 0.2) is 31.1 Å². The van der Waals surface area contributed by atoms with Crippen molar-refractivity contribution in [3.05, 3.63) is 31.1 Å². The van der Waals surface area contributed by atoms with Crippen LogP contribution >= 0.6 is 0 Å². The van der Waals surface area contributed by atoms with Crippen LogP contribution in [0.3, 0.4) is 0 Å². The lowest BCUT2D eigenvalue weighted by Gasteiger charge is -2.11. The lowest BCUT2D eigenvalue weighted by Crippen LogP contribution is -2.22. The van der Waals surface area contributed by atoms with Crippen molar-refractivity contribution in [3.8, 4) is 0 Å². The minimum Gasteiger partial charge on any atom is -0.325 e. The molecule has 0 aliphatic rings. The molecule has 0 radical (unpaired) electrons. The van der Waals surface area contributed by atoms with Crippen LogP contribution in [-0.2, 0) is 4.79 Å². The maximum atomic E-state index is 11.7. The number of imidazole rings is 1. The summed E-state index contributed by atoms with van der Waals surface area (Å²) in [5, 5.41) is 9.09. The standard InChI is InChI=1S/C9H11N5O/c1-7(14-3-2-10-6-14)9(15)13-8-4-11-12-5-8/h2-7H,1H3,(H,11,12)(H,13,15). The highest BCUT2D eigenvalue weighted by molar-refractivity contribution is 5.93. The average Bonchev–Trinajstić information content (AvgIpc) is 2.88. The molecule has 0 saturated heterocycles. The van der Waals surface area contributed by atoms with Crippen LogP contribution in [0.2, 0.25) is 0 Å². The molecule has 2 heterocycles. The second-order valence-corrected chi connectivity index (χ2v) is 3.16. The van der Waals surface area contributed by atoms with E-state index in [0.717, 1.165) is 0 Å². The van der Waals surface area contributed by atoms with Gasteiger partial charge in [-0.2, -0.15) is 5.10 Å². The van der Waals surface area contributed by atoms with Crippen LogP contribution in [0.1, 0.15) is 13.0 Å². The molecule has 0 aliphatic heterocycles. The number of H-pyrrole nitrogens is 1. The maximum absolute atomic E-state index is 11.7. The number of carbonyl (C=O) groups is 1. The quantitative estimate of drug-likeness (QED) is 0.778.